The summed E-state index contributed by atoms with van der Waals surface area (Å²) in [6, 6.07) is 15.8. The molecule has 5 heteroatoms. The molecule has 2 aromatic rings. The summed E-state index contributed by atoms with van der Waals surface area (Å²) in [7, 11) is -3.46. The van der Waals surface area contributed by atoms with E-state index >= 15 is 0 Å². The van der Waals surface area contributed by atoms with Gasteiger partial charge in [0.1, 0.15) is 0 Å². The highest BCUT2D eigenvalue weighted by Gasteiger charge is 2.12. The maximum atomic E-state index is 12.0. The Kier molecular flexibility index (Phi) is 4.58. The van der Waals surface area contributed by atoms with Crippen LogP contribution >= 0.6 is 11.6 Å². The highest BCUT2D eigenvalue weighted by Crippen LogP contribution is 2.13. The fourth-order valence-corrected chi connectivity index (χ4v) is 2.83. The van der Waals surface area contributed by atoms with Crippen molar-refractivity contribution < 1.29 is 8.42 Å². The Balaban J connectivity index is 1.97. The minimum Gasteiger partial charge on any atom is -0.211 e. The summed E-state index contributed by atoms with van der Waals surface area (Å²) in [6.45, 7) is 0.370. The first-order chi connectivity index (χ1) is 9.08. The monoisotopic (exact) mass is 295 g/mol. The molecular weight excluding hydrogens is 282 g/mol. The molecule has 3 nitrogen and oxygen atoms in total. The summed E-state index contributed by atoms with van der Waals surface area (Å²) in [4.78, 5) is 0.227. The van der Waals surface area contributed by atoms with Gasteiger partial charge in [0.15, 0.2) is 0 Å². The first kappa shape index (κ1) is 14.1. The van der Waals surface area contributed by atoms with Crippen LogP contribution in [-0.2, 0) is 16.4 Å². The van der Waals surface area contributed by atoms with Gasteiger partial charge >= 0.3 is 0 Å². The van der Waals surface area contributed by atoms with Crippen molar-refractivity contribution >= 4 is 21.6 Å². The molecule has 0 amide bonds. The summed E-state index contributed by atoms with van der Waals surface area (Å²) in [6.07, 6.45) is 0.660. The first-order valence-corrected chi connectivity index (χ1v) is 7.73. The van der Waals surface area contributed by atoms with E-state index in [9.17, 15) is 8.42 Å². The third-order valence-electron chi connectivity index (χ3n) is 2.67. The predicted octanol–water partition coefficient (Wildman–Crippen LogP) is 2.86. The lowest BCUT2D eigenvalue weighted by Gasteiger charge is -2.06. The second kappa shape index (κ2) is 6.19. The third kappa shape index (κ3) is 4.06. The summed E-state index contributed by atoms with van der Waals surface area (Å²) in [5.41, 5.74) is 1.10. The SMILES string of the molecule is O=S(=O)(NCCc1ccccc1)c1ccc(Cl)cc1. The lowest BCUT2D eigenvalue weighted by atomic mass is 10.2. The average Bonchev–Trinajstić information content (AvgIpc) is 2.40. The van der Waals surface area contributed by atoms with Gasteiger partial charge in [-0.05, 0) is 36.2 Å². The number of hydrogen-bond donors (Lipinski definition) is 1. The number of rotatable bonds is 5. The Hall–Kier alpha value is -1.36. The van der Waals surface area contributed by atoms with E-state index in [0.717, 1.165) is 5.56 Å². The van der Waals surface area contributed by atoms with Gasteiger partial charge in [0, 0.05) is 11.6 Å². The molecule has 0 atom stereocenters. The summed E-state index contributed by atoms with van der Waals surface area (Å²) in [5, 5.41) is 0.517. The molecule has 0 fully saturated rings. The van der Waals surface area contributed by atoms with Crippen LogP contribution in [0, 0.1) is 0 Å². The third-order valence-corrected chi connectivity index (χ3v) is 4.40. The van der Waals surface area contributed by atoms with Crippen LogP contribution in [0.5, 0.6) is 0 Å². The van der Waals surface area contributed by atoms with Gasteiger partial charge in [-0.15, -0.1) is 0 Å². The Bertz CT molecular complexity index is 624. The number of hydrogen-bond acceptors (Lipinski definition) is 2. The van der Waals surface area contributed by atoms with E-state index in [4.69, 9.17) is 11.6 Å². The van der Waals surface area contributed by atoms with E-state index in [1.807, 2.05) is 30.3 Å². The van der Waals surface area contributed by atoms with E-state index in [-0.39, 0.29) is 4.90 Å². The number of sulfonamides is 1. The zero-order valence-electron chi connectivity index (χ0n) is 10.2. The molecule has 0 heterocycles. The van der Waals surface area contributed by atoms with Crippen molar-refractivity contribution in [3.8, 4) is 0 Å². The first-order valence-electron chi connectivity index (χ1n) is 5.87. The quantitative estimate of drug-likeness (QED) is 0.922. The standard InChI is InChI=1S/C14H14ClNO2S/c15-13-6-8-14(9-7-13)19(17,18)16-11-10-12-4-2-1-3-5-12/h1-9,16H,10-11H2. The van der Waals surface area contributed by atoms with Crippen molar-refractivity contribution in [3.05, 3.63) is 65.2 Å². The molecule has 0 aliphatic carbocycles. The molecule has 0 aromatic heterocycles. The van der Waals surface area contributed by atoms with Gasteiger partial charge in [0.2, 0.25) is 10.0 Å². The van der Waals surface area contributed by atoms with Crippen molar-refractivity contribution in [3.63, 3.8) is 0 Å². The van der Waals surface area contributed by atoms with Crippen LogP contribution in [-0.4, -0.2) is 15.0 Å². The summed E-state index contributed by atoms with van der Waals surface area (Å²) in [5.74, 6) is 0. The minimum absolute atomic E-state index is 0.227. The van der Waals surface area contributed by atoms with Crippen molar-refractivity contribution in [2.24, 2.45) is 0 Å². The van der Waals surface area contributed by atoms with Gasteiger partial charge in [-0.3, -0.25) is 0 Å². The van der Waals surface area contributed by atoms with Crippen LogP contribution in [0.3, 0.4) is 0 Å². The minimum atomic E-state index is -3.46. The maximum absolute atomic E-state index is 12.0. The van der Waals surface area contributed by atoms with Crippen LogP contribution in [0.15, 0.2) is 59.5 Å². The lowest BCUT2D eigenvalue weighted by Crippen LogP contribution is -2.25. The fourth-order valence-electron chi connectivity index (χ4n) is 1.67. The number of nitrogens with one attached hydrogen (secondary N) is 1. The second-order valence-corrected chi connectivity index (χ2v) is 6.29. The van der Waals surface area contributed by atoms with Gasteiger partial charge in [-0.25, -0.2) is 13.1 Å². The molecule has 2 rings (SSSR count). The van der Waals surface area contributed by atoms with E-state index in [0.29, 0.717) is 18.0 Å². The van der Waals surface area contributed by atoms with Gasteiger partial charge in [-0.1, -0.05) is 41.9 Å². The van der Waals surface area contributed by atoms with E-state index in [2.05, 4.69) is 4.72 Å². The van der Waals surface area contributed by atoms with Crippen LogP contribution in [0.1, 0.15) is 5.56 Å². The topological polar surface area (TPSA) is 46.2 Å². The highest BCUT2D eigenvalue weighted by molar-refractivity contribution is 7.89. The Morgan fingerprint density at radius 3 is 2.21 bits per heavy atom. The predicted molar refractivity (Wildman–Crippen MR) is 76.8 cm³/mol. The zero-order chi connectivity index (χ0) is 13.7. The van der Waals surface area contributed by atoms with Crippen LogP contribution in [0.25, 0.3) is 0 Å². The molecule has 19 heavy (non-hydrogen) atoms. The molecule has 0 saturated heterocycles. The van der Waals surface area contributed by atoms with E-state index in [1.165, 1.54) is 12.1 Å². The zero-order valence-corrected chi connectivity index (χ0v) is 11.8. The lowest BCUT2D eigenvalue weighted by molar-refractivity contribution is 0.581. The van der Waals surface area contributed by atoms with E-state index in [1.54, 1.807) is 12.1 Å². The smallest absolute Gasteiger partial charge is 0.211 e. The van der Waals surface area contributed by atoms with Gasteiger partial charge in [-0.2, -0.15) is 0 Å². The number of benzene rings is 2. The molecule has 0 spiro atoms. The Morgan fingerprint density at radius 2 is 1.58 bits per heavy atom. The van der Waals surface area contributed by atoms with Crippen molar-refractivity contribution in [1.82, 2.24) is 4.72 Å². The maximum Gasteiger partial charge on any atom is 0.240 e. The van der Waals surface area contributed by atoms with Gasteiger partial charge in [0.25, 0.3) is 0 Å². The molecule has 0 aliphatic heterocycles. The molecule has 1 N–H and O–H groups in total. The van der Waals surface area contributed by atoms with E-state index < -0.39 is 10.0 Å². The Morgan fingerprint density at radius 1 is 0.947 bits per heavy atom. The molecule has 0 bridgehead atoms. The fraction of sp³-hybridized carbons (Fsp3) is 0.143. The van der Waals surface area contributed by atoms with Crippen LogP contribution in [0.2, 0.25) is 5.02 Å². The van der Waals surface area contributed by atoms with Crippen LogP contribution < -0.4 is 4.72 Å². The molecule has 100 valence electrons. The second-order valence-electron chi connectivity index (χ2n) is 4.09. The molecule has 2 aromatic carbocycles. The van der Waals surface area contributed by atoms with Gasteiger partial charge < -0.3 is 0 Å². The largest absolute Gasteiger partial charge is 0.240 e. The Labute approximate surface area is 118 Å². The van der Waals surface area contributed by atoms with Gasteiger partial charge in [0.05, 0.1) is 4.90 Å². The average molecular weight is 296 g/mol. The summed E-state index contributed by atoms with van der Waals surface area (Å²) >= 11 is 5.73. The summed E-state index contributed by atoms with van der Waals surface area (Å²) < 4.78 is 26.5. The molecule has 0 unspecified atom stereocenters. The normalized spacial score (nSPS) is 11.4. The van der Waals surface area contributed by atoms with Crippen molar-refractivity contribution in [2.45, 2.75) is 11.3 Å². The highest BCUT2D eigenvalue weighted by atomic mass is 35.5. The number of halogens is 1. The van der Waals surface area contributed by atoms with Crippen LogP contribution in [0.4, 0.5) is 0 Å². The van der Waals surface area contributed by atoms with Crippen molar-refractivity contribution in [1.29, 1.82) is 0 Å². The molecule has 0 radical (unpaired) electrons. The molecular formula is C14H14ClNO2S. The molecule has 0 aliphatic rings. The molecule has 0 saturated carbocycles. The van der Waals surface area contributed by atoms with Crippen molar-refractivity contribution in [2.75, 3.05) is 6.54 Å².